The normalized spacial score (nSPS) is 16.3. The Hall–Kier alpha value is -1.47. The standard InChI is InChI=1S/C12H17N3O3S/c1-14(8-9-4-6-13-7-5-9)12(16)10-2-3-11(19-10)15(17)18/h2-3,9,13H,4-8H2,1H3. The van der Waals surface area contributed by atoms with E-state index in [0.29, 0.717) is 17.3 Å². The molecule has 0 bridgehead atoms. The fourth-order valence-corrected chi connectivity index (χ4v) is 3.08. The molecule has 2 heterocycles. The van der Waals surface area contributed by atoms with Crippen molar-refractivity contribution in [1.82, 2.24) is 10.2 Å². The maximum absolute atomic E-state index is 12.2. The van der Waals surface area contributed by atoms with Crippen molar-refractivity contribution in [3.8, 4) is 0 Å². The maximum Gasteiger partial charge on any atom is 0.324 e. The van der Waals surface area contributed by atoms with Gasteiger partial charge in [0.2, 0.25) is 0 Å². The lowest BCUT2D eigenvalue weighted by molar-refractivity contribution is -0.380. The lowest BCUT2D eigenvalue weighted by Gasteiger charge is -2.27. The molecule has 1 aromatic heterocycles. The molecule has 0 spiro atoms. The van der Waals surface area contributed by atoms with Crippen LogP contribution in [0.4, 0.5) is 5.00 Å². The number of nitro groups is 1. The first-order chi connectivity index (χ1) is 9.08. The van der Waals surface area contributed by atoms with E-state index in [-0.39, 0.29) is 10.9 Å². The number of hydrogen-bond acceptors (Lipinski definition) is 5. The van der Waals surface area contributed by atoms with Crippen molar-refractivity contribution in [2.75, 3.05) is 26.7 Å². The molecule has 0 aromatic carbocycles. The second-order valence-corrected chi connectivity index (χ2v) is 5.84. The summed E-state index contributed by atoms with van der Waals surface area (Å²) in [6.45, 7) is 2.71. The molecular formula is C12H17N3O3S. The molecule has 1 saturated heterocycles. The van der Waals surface area contributed by atoms with Gasteiger partial charge in [0.05, 0.1) is 9.80 Å². The highest BCUT2D eigenvalue weighted by Crippen LogP contribution is 2.25. The first-order valence-electron chi connectivity index (χ1n) is 6.28. The second-order valence-electron chi connectivity index (χ2n) is 4.77. The summed E-state index contributed by atoms with van der Waals surface area (Å²) in [5, 5.41) is 13.9. The van der Waals surface area contributed by atoms with Gasteiger partial charge in [0.1, 0.15) is 0 Å². The molecule has 1 amide bonds. The molecule has 19 heavy (non-hydrogen) atoms. The topological polar surface area (TPSA) is 75.5 Å². The van der Waals surface area contributed by atoms with Crippen LogP contribution in [0.2, 0.25) is 0 Å². The minimum absolute atomic E-state index is 0.0126. The molecule has 2 rings (SSSR count). The molecular weight excluding hydrogens is 266 g/mol. The average Bonchev–Trinajstić information content (AvgIpc) is 2.88. The van der Waals surface area contributed by atoms with E-state index in [1.54, 1.807) is 11.9 Å². The van der Waals surface area contributed by atoms with E-state index in [4.69, 9.17) is 0 Å². The Kier molecular flexibility index (Phi) is 4.49. The summed E-state index contributed by atoms with van der Waals surface area (Å²) in [5.74, 6) is 0.391. The van der Waals surface area contributed by atoms with Crippen LogP contribution >= 0.6 is 11.3 Å². The summed E-state index contributed by atoms with van der Waals surface area (Å²) in [5.41, 5.74) is 0. The van der Waals surface area contributed by atoms with Crippen LogP contribution in [0.25, 0.3) is 0 Å². The summed E-state index contributed by atoms with van der Waals surface area (Å²) in [6, 6.07) is 2.92. The van der Waals surface area contributed by atoms with Gasteiger partial charge in [-0.15, -0.1) is 0 Å². The monoisotopic (exact) mass is 283 g/mol. The number of amides is 1. The molecule has 0 atom stereocenters. The van der Waals surface area contributed by atoms with Gasteiger partial charge < -0.3 is 10.2 Å². The molecule has 7 heteroatoms. The Morgan fingerprint density at radius 3 is 2.79 bits per heavy atom. The molecule has 1 aromatic rings. The molecule has 0 saturated carbocycles. The Morgan fingerprint density at radius 2 is 2.21 bits per heavy atom. The van der Waals surface area contributed by atoms with Gasteiger partial charge in [0.25, 0.3) is 5.91 Å². The van der Waals surface area contributed by atoms with Gasteiger partial charge >= 0.3 is 5.00 Å². The van der Waals surface area contributed by atoms with Crippen molar-refractivity contribution in [2.45, 2.75) is 12.8 Å². The van der Waals surface area contributed by atoms with Crippen LogP contribution in [-0.4, -0.2) is 42.4 Å². The van der Waals surface area contributed by atoms with E-state index < -0.39 is 4.92 Å². The zero-order valence-corrected chi connectivity index (χ0v) is 11.6. The predicted molar refractivity (Wildman–Crippen MR) is 73.5 cm³/mol. The number of rotatable bonds is 4. The number of nitrogens with zero attached hydrogens (tertiary/aromatic N) is 2. The van der Waals surface area contributed by atoms with Gasteiger partial charge in [-0.2, -0.15) is 0 Å². The van der Waals surface area contributed by atoms with Crippen molar-refractivity contribution < 1.29 is 9.72 Å². The Labute approximate surface area is 115 Å². The summed E-state index contributed by atoms with van der Waals surface area (Å²) < 4.78 is 0. The summed E-state index contributed by atoms with van der Waals surface area (Å²) >= 11 is 0.937. The first kappa shape index (κ1) is 14.0. The van der Waals surface area contributed by atoms with Gasteiger partial charge in [-0.1, -0.05) is 11.3 Å². The van der Waals surface area contributed by atoms with Crippen molar-refractivity contribution in [2.24, 2.45) is 5.92 Å². The number of hydrogen-bond donors (Lipinski definition) is 1. The fourth-order valence-electron chi connectivity index (χ4n) is 2.26. The summed E-state index contributed by atoms with van der Waals surface area (Å²) in [7, 11) is 1.76. The number of carbonyl (C=O) groups is 1. The van der Waals surface area contributed by atoms with Crippen LogP contribution in [0, 0.1) is 16.0 Å². The molecule has 1 fully saturated rings. The molecule has 1 aliphatic rings. The first-order valence-corrected chi connectivity index (χ1v) is 7.10. The van der Waals surface area contributed by atoms with Crippen LogP contribution in [-0.2, 0) is 0 Å². The number of thiophene rings is 1. The Balaban J connectivity index is 1.95. The van der Waals surface area contributed by atoms with E-state index in [9.17, 15) is 14.9 Å². The molecule has 6 nitrogen and oxygen atoms in total. The van der Waals surface area contributed by atoms with Gasteiger partial charge in [-0.3, -0.25) is 14.9 Å². The van der Waals surface area contributed by atoms with Crippen LogP contribution in [0.1, 0.15) is 22.5 Å². The van der Waals surface area contributed by atoms with E-state index in [0.717, 1.165) is 37.3 Å². The Morgan fingerprint density at radius 1 is 1.53 bits per heavy atom. The predicted octanol–water partition coefficient (Wildman–Crippen LogP) is 1.73. The van der Waals surface area contributed by atoms with Crippen LogP contribution < -0.4 is 5.32 Å². The highest BCUT2D eigenvalue weighted by atomic mass is 32.1. The number of piperidine rings is 1. The molecule has 0 unspecified atom stereocenters. The highest BCUT2D eigenvalue weighted by Gasteiger charge is 2.21. The van der Waals surface area contributed by atoms with Crippen LogP contribution in [0.15, 0.2) is 12.1 Å². The zero-order valence-electron chi connectivity index (χ0n) is 10.8. The number of nitrogens with one attached hydrogen (secondary N) is 1. The van der Waals surface area contributed by atoms with E-state index in [1.165, 1.54) is 12.1 Å². The molecule has 1 N–H and O–H groups in total. The van der Waals surface area contributed by atoms with Gasteiger partial charge in [-0.25, -0.2) is 0 Å². The van der Waals surface area contributed by atoms with Crippen molar-refractivity contribution in [3.05, 3.63) is 27.1 Å². The average molecular weight is 283 g/mol. The third-order valence-corrected chi connectivity index (χ3v) is 4.34. The maximum atomic E-state index is 12.2. The minimum Gasteiger partial charge on any atom is -0.341 e. The lowest BCUT2D eigenvalue weighted by Crippen LogP contribution is -2.36. The molecule has 104 valence electrons. The molecule has 0 aliphatic carbocycles. The van der Waals surface area contributed by atoms with Gasteiger partial charge in [0.15, 0.2) is 0 Å². The van der Waals surface area contributed by atoms with Crippen molar-refractivity contribution >= 4 is 22.2 Å². The van der Waals surface area contributed by atoms with Crippen LogP contribution in [0.5, 0.6) is 0 Å². The second kappa shape index (κ2) is 6.12. The van der Waals surface area contributed by atoms with E-state index in [2.05, 4.69) is 5.32 Å². The summed E-state index contributed by atoms with van der Waals surface area (Å²) in [4.78, 5) is 24.4. The van der Waals surface area contributed by atoms with Crippen molar-refractivity contribution in [1.29, 1.82) is 0 Å². The fraction of sp³-hybridized carbons (Fsp3) is 0.583. The smallest absolute Gasteiger partial charge is 0.324 e. The van der Waals surface area contributed by atoms with Crippen molar-refractivity contribution in [3.63, 3.8) is 0 Å². The summed E-state index contributed by atoms with van der Waals surface area (Å²) in [6.07, 6.45) is 2.14. The van der Waals surface area contributed by atoms with Gasteiger partial charge in [-0.05, 0) is 37.9 Å². The molecule has 1 aliphatic heterocycles. The largest absolute Gasteiger partial charge is 0.341 e. The quantitative estimate of drug-likeness (QED) is 0.674. The third kappa shape index (κ3) is 3.51. The van der Waals surface area contributed by atoms with Gasteiger partial charge in [0, 0.05) is 19.7 Å². The van der Waals surface area contributed by atoms with Crippen LogP contribution in [0.3, 0.4) is 0 Å². The third-order valence-electron chi connectivity index (χ3n) is 3.32. The highest BCUT2D eigenvalue weighted by molar-refractivity contribution is 7.17. The van der Waals surface area contributed by atoms with E-state index >= 15 is 0 Å². The minimum atomic E-state index is -0.464. The Bertz CT molecular complexity index is 469. The zero-order chi connectivity index (χ0) is 13.8. The SMILES string of the molecule is CN(CC1CCNCC1)C(=O)c1ccc([N+](=O)[O-])s1. The van der Waals surface area contributed by atoms with E-state index in [1.807, 2.05) is 0 Å². The number of carbonyl (C=O) groups excluding carboxylic acids is 1. The molecule has 0 radical (unpaired) electrons. The lowest BCUT2D eigenvalue weighted by atomic mass is 9.98.